The maximum absolute atomic E-state index is 12.7. The van der Waals surface area contributed by atoms with Gasteiger partial charge in [0.05, 0.1) is 6.61 Å². The van der Waals surface area contributed by atoms with Gasteiger partial charge in [-0.2, -0.15) is 23.3 Å². The second kappa shape index (κ2) is 4.58. The summed E-state index contributed by atoms with van der Waals surface area (Å²) < 4.78 is 49.0. The van der Waals surface area contributed by atoms with E-state index in [-0.39, 0.29) is 17.5 Å². The van der Waals surface area contributed by atoms with Crippen molar-refractivity contribution in [1.29, 1.82) is 0 Å². The van der Waals surface area contributed by atoms with Gasteiger partial charge in [-0.15, -0.1) is 0 Å². The molecule has 0 aromatic carbocycles. The van der Waals surface area contributed by atoms with Crippen molar-refractivity contribution in [2.75, 3.05) is 13.2 Å². The molecule has 9 heteroatoms. The average Bonchev–Trinajstić information content (AvgIpc) is 3.06. The zero-order valence-corrected chi connectivity index (χ0v) is 10.5. The Kier molecular flexibility index (Phi) is 3.00. The lowest BCUT2D eigenvalue weighted by Gasteiger charge is -2.04. The summed E-state index contributed by atoms with van der Waals surface area (Å²) in [6, 6.07) is 0.891. The molecule has 0 saturated carbocycles. The van der Waals surface area contributed by atoms with Crippen molar-refractivity contribution in [2.24, 2.45) is 7.05 Å². The summed E-state index contributed by atoms with van der Waals surface area (Å²) in [7, 11) is 1.22. The molecule has 0 amide bonds. The van der Waals surface area contributed by atoms with Crippen LogP contribution in [0.15, 0.2) is 10.6 Å². The van der Waals surface area contributed by atoms with Crippen LogP contribution in [-0.2, 0) is 18.0 Å². The van der Waals surface area contributed by atoms with Crippen molar-refractivity contribution in [3.8, 4) is 11.6 Å². The van der Waals surface area contributed by atoms with Gasteiger partial charge in [-0.3, -0.25) is 4.68 Å². The number of rotatable bonds is 2. The molecule has 20 heavy (non-hydrogen) atoms. The fourth-order valence-electron chi connectivity index (χ4n) is 2.08. The molecule has 0 unspecified atom stereocenters. The number of hydrogen-bond donors (Lipinski definition) is 0. The number of halogens is 3. The summed E-state index contributed by atoms with van der Waals surface area (Å²) in [6.45, 7) is 1.12. The lowest BCUT2D eigenvalue weighted by molar-refractivity contribution is -0.143. The van der Waals surface area contributed by atoms with Crippen LogP contribution >= 0.6 is 0 Å². The second-order valence-electron chi connectivity index (χ2n) is 4.55. The van der Waals surface area contributed by atoms with Crippen LogP contribution in [0.4, 0.5) is 13.2 Å². The number of aryl methyl sites for hydroxylation is 1. The summed E-state index contributed by atoms with van der Waals surface area (Å²) in [5, 5.41) is 7.54. The fourth-order valence-corrected chi connectivity index (χ4v) is 2.08. The predicted molar refractivity (Wildman–Crippen MR) is 59.7 cm³/mol. The van der Waals surface area contributed by atoms with Crippen molar-refractivity contribution < 1.29 is 22.4 Å². The quantitative estimate of drug-likeness (QED) is 0.845. The number of ether oxygens (including phenoxy) is 1. The van der Waals surface area contributed by atoms with Crippen LogP contribution < -0.4 is 0 Å². The van der Waals surface area contributed by atoms with Crippen LogP contribution in [0.1, 0.15) is 23.9 Å². The van der Waals surface area contributed by atoms with E-state index in [9.17, 15) is 13.2 Å². The lowest BCUT2D eigenvalue weighted by atomic mass is 10.1. The van der Waals surface area contributed by atoms with Crippen molar-refractivity contribution >= 4 is 0 Å². The number of aromatic nitrogens is 4. The smallest absolute Gasteiger partial charge is 0.381 e. The molecule has 108 valence electrons. The minimum Gasteiger partial charge on any atom is -0.381 e. The normalized spacial score (nSPS) is 19.7. The first-order valence-corrected chi connectivity index (χ1v) is 5.98. The van der Waals surface area contributed by atoms with Gasteiger partial charge in [0.2, 0.25) is 0 Å². The van der Waals surface area contributed by atoms with E-state index in [4.69, 9.17) is 9.26 Å². The van der Waals surface area contributed by atoms with Crippen molar-refractivity contribution in [2.45, 2.75) is 18.5 Å². The van der Waals surface area contributed by atoms with Gasteiger partial charge in [-0.25, -0.2) is 0 Å². The second-order valence-corrected chi connectivity index (χ2v) is 4.55. The van der Waals surface area contributed by atoms with Gasteiger partial charge >= 0.3 is 6.18 Å². The maximum Gasteiger partial charge on any atom is 0.433 e. The first-order valence-electron chi connectivity index (χ1n) is 5.98. The number of hydrogen-bond acceptors (Lipinski definition) is 5. The van der Waals surface area contributed by atoms with Crippen molar-refractivity contribution in [3.05, 3.63) is 17.6 Å². The zero-order valence-electron chi connectivity index (χ0n) is 10.5. The summed E-state index contributed by atoms with van der Waals surface area (Å²) >= 11 is 0. The average molecular weight is 288 g/mol. The molecular formula is C11H11F3N4O2. The van der Waals surface area contributed by atoms with E-state index in [0.29, 0.717) is 19.0 Å². The summed E-state index contributed by atoms with van der Waals surface area (Å²) in [5.41, 5.74) is -0.853. The van der Waals surface area contributed by atoms with E-state index in [2.05, 4.69) is 15.2 Å². The van der Waals surface area contributed by atoms with Crippen LogP contribution in [0.25, 0.3) is 11.6 Å². The third-order valence-electron chi connectivity index (χ3n) is 3.13. The van der Waals surface area contributed by atoms with E-state index in [1.165, 1.54) is 7.05 Å². The molecule has 0 spiro atoms. The Hall–Kier alpha value is -1.90. The molecule has 1 aliphatic rings. The molecule has 3 rings (SSSR count). The Bertz CT molecular complexity index is 613. The first kappa shape index (κ1) is 13.1. The third-order valence-corrected chi connectivity index (χ3v) is 3.13. The Morgan fingerprint density at radius 3 is 2.80 bits per heavy atom. The molecule has 0 aliphatic carbocycles. The van der Waals surface area contributed by atoms with E-state index < -0.39 is 11.9 Å². The number of nitrogens with zero attached hydrogens (tertiary/aromatic N) is 4. The van der Waals surface area contributed by atoms with Crippen LogP contribution in [0.5, 0.6) is 0 Å². The van der Waals surface area contributed by atoms with Crippen LogP contribution in [0.3, 0.4) is 0 Å². The summed E-state index contributed by atoms with van der Waals surface area (Å²) in [4.78, 5) is 4.10. The highest BCUT2D eigenvalue weighted by Gasteiger charge is 2.36. The molecule has 2 aromatic heterocycles. The molecule has 1 atom stereocenters. The van der Waals surface area contributed by atoms with Gasteiger partial charge in [-0.05, 0) is 6.42 Å². The highest BCUT2D eigenvalue weighted by Crippen LogP contribution is 2.32. The van der Waals surface area contributed by atoms with Crippen LogP contribution in [0, 0.1) is 0 Å². The largest absolute Gasteiger partial charge is 0.433 e. The molecule has 1 fully saturated rings. The monoisotopic (exact) mass is 288 g/mol. The van der Waals surface area contributed by atoms with Gasteiger partial charge in [0.1, 0.15) is 5.69 Å². The molecule has 0 N–H and O–H groups in total. The van der Waals surface area contributed by atoms with Crippen LogP contribution in [0.2, 0.25) is 0 Å². The van der Waals surface area contributed by atoms with E-state index in [1.807, 2.05) is 0 Å². The molecule has 2 aromatic rings. The number of alkyl halides is 3. The van der Waals surface area contributed by atoms with Gasteiger partial charge in [0.15, 0.2) is 11.5 Å². The Morgan fingerprint density at radius 1 is 1.40 bits per heavy atom. The van der Waals surface area contributed by atoms with Crippen molar-refractivity contribution in [1.82, 2.24) is 19.9 Å². The predicted octanol–water partition coefficient (Wildman–Crippen LogP) is 1.99. The summed E-state index contributed by atoms with van der Waals surface area (Å²) in [5.74, 6) is 0.452. The minimum atomic E-state index is -4.47. The Morgan fingerprint density at radius 2 is 2.20 bits per heavy atom. The third kappa shape index (κ3) is 2.28. The van der Waals surface area contributed by atoms with Crippen molar-refractivity contribution in [3.63, 3.8) is 0 Å². The minimum absolute atomic E-state index is 0.0116. The standard InChI is InChI=1S/C11H11F3N4O2/c1-18-8(11(12,13)14)4-7(16-18)10-15-9(17-20-10)6-2-3-19-5-6/h4,6H,2-3,5H2,1H3/t6-/m0/s1. The van der Waals surface area contributed by atoms with Gasteiger partial charge in [0.25, 0.3) is 5.89 Å². The molecule has 0 radical (unpaired) electrons. The molecule has 1 saturated heterocycles. The topological polar surface area (TPSA) is 66.0 Å². The summed E-state index contributed by atoms with van der Waals surface area (Å²) in [6.07, 6.45) is -3.70. The SMILES string of the molecule is Cn1nc(-c2nc([C@H]3CCOC3)no2)cc1C(F)(F)F. The fraction of sp³-hybridized carbons (Fsp3) is 0.545. The maximum atomic E-state index is 12.7. The molecular weight excluding hydrogens is 277 g/mol. The van der Waals surface area contributed by atoms with Crippen LogP contribution in [-0.4, -0.2) is 33.1 Å². The van der Waals surface area contributed by atoms with E-state index in [1.54, 1.807) is 0 Å². The molecule has 1 aliphatic heterocycles. The van der Waals surface area contributed by atoms with Gasteiger partial charge in [-0.1, -0.05) is 5.16 Å². The molecule has 3 heterocycles. The van der Waals surface area contributed by atoms with E-state index in [0.717, 1.165) is 17.2 Å². The lowest BCUT2D eigenvalue weighted by Crippen LogP contribution is -2.11. The highest BCUT2D eigenvalue weighted by molar-refractivity contribution is 5.47. The zero-order chi connectivity index (χ0) is 14.3. The van der Waals surface area contributed by atoms with E-state index >= 15 is 0 Å². The molecule has 6 nitrogen and oxygen atoms in total. The first-order chi connectivity index (χ1) is 9.45. The van der Waals surface area contributed by atoms with Gasteiger partial charge in [0, 0.05) is 25.6 Å². The highest BCUT2D eigenvalue weighted by atomic mass is 19.4. The Balaban J connectivity index is 1.90. The molecule has 0 bridgehead atoms. The Labute approximate surface area is 111 Å². The van der Waals surface area contributed by atoms with Gasteiger partial charge < -0.3 is 9.26 Å².